The fraction of sp³-hybridized carbons (Fsp3) is 0.250. The van der Waals surface area contributed by atoms with E-state index in [-0.39, 0.29) is 10.6 Å². The quantitative estimate of drug-likeness (QED) is 0.798. The van der Waals surface area contributed by atoms with Gasteiger partial charge in [-0.2, -0.15) is 13.2 Å². The maximum atomic E-state index is 12.1. The van der Waals surface area contributed by atoms with Crippen molar-refractivity contribution in [3.8, 4) is 11.5 Å². The van der Waals surface area contributed by atoms with Crippen LogP contribution >= 0.6 is 11.6 Å². The van der Waals surface area contributed by atoms with Crippen LogP contribution < -0.4 is 9.47 Å². The van der Waals surface area contributed by atoms with Gasteiger partial charge in [0.05, 0.1) is 19.3 Å². The molecule has 0 heterocycles. The van der Waals surface area contributed by atoms with Crippen molar-refractivity contribution < 1.29 is 27.4 Å². The van der Waals surface area contributed by atoms with Crippen LogP contribution in [0, 0.1) is 0 Å². The van der Waals surface area contributed by atoms with Crippen molar-refractivity contribution in [2.45, 2.75) is 6.18 Å². The Balaban J connectivity index is 3.10. The summed E-state index contributed by atoms with van der Waals surface area (Å²) in [6.07, 6.45) is -4.63. The SMILES string of the molecule is COc1ccc(/C(Cl)=C\C(=O)C(F)(F)F)cc1OC. The van der Waals surface area contributed by atoms with Gasteiger partial charge in [-0.15, -0.1) is 0 Å². The molecule has 19 heavy (non-hydrogen) atoms. The second-order valence-corrected chi connectivity index (χ2v) is 3.83. The molecule has 0 amide bonds. The topological polar surface area (TPSA) is 35.5 Å². The molecule has 1 aromatic rings. The van der Waals surface area contributed by atoms with Crippen LogP contribution in [0.1, 0.15) is 5.56 Å². The Hall–Kier alpha value is -1.69. The van der Waals surface area contributed by atoms with Crippen LogP contribution in [-0.4, -0.2) is 26.2 Å². The first-order chi connectivity index (χ1) is 8.79. The average molecular weight is 295 g/mol. The molecule has 0 aliphatic rings. The third-order valence-electron chi connectivity index (χ3n) is 2.20. The molecule has 1 rings (SSSR count). The number of ketones is 1. The summed E-state index contributed by atoms with van der Waals surface area (Å²) in [5.74, 6) is -1.32. The molecule has 104 valence electrons. The van der Waals surface area contributed by atoms with Crippen LogP contribution in [0.15, 0.2) is 24.3 Å². The second-order valence-electron chi connectivity index (χ2n) is 3.42. The van der Waals surface area contributed by atoms with Crippen LogP contribution in [0.25, 0.3) is 5.03 Å². The molecule has 1 aromatic carbocycles. The highest BCUT2D eigenvalue weighted by Crippen LogP contribution is 2.32. The Kier molecular flexibility index (Phi) is 4.83. The van der Waals surface area contributed by atoms with Gasteiger partial charge < -0.3 is 9.47 Å². The van der Waals surface area contributed by atoms with Gasteiger partial charge in [0, 0.05) is 6.08 Å². The van der Waals surface area contributed by atoms with Gasteiger partial charge in [0.2, 0.25) is 0 Å². The molecule has 0 radical (unpaired) electrons. The first-order valence-corrected chi connectivity index (χ1v) is 5.38. The molecule has 0 aliphatic heterocycles. The number of hydrogen-bond acceptors (Lipinski definition) is 3. The fourth-order valence-electron chi connectivity index (χ4n) is 1.27. The van der Waals surface area contributed by atoms with E-state index in [1.807, 2.05) is 0 Å². The van der Waals surface area contributed by atoms with E-state index in [0.717, 1.165) is 0 Å². The second kappa shape index (κ2) is 5.97. The Morgan fingerprint density at radius 2 is 1.79 bits per heavy atom. The smallest absolute Gasteiger partial charge is 0.454 e. The summed E-state index contributed by atoms with van der Waals surface area (Å²) in [6.45, 7) is 0. The zero-order chi connectivity index (χ0) is 14.6. The van der Waals surface area contributed by atoms with E-state index in [0.29, 0.717) is 17.6 Å². The molecule has 0 saturated heterocycles. The molecular formula is C12H10ClF3O3. The molecule has 3 nitrogen and oxygen atoms in total. The van der Waals surface area contributed by atoms with Crippen molar-refractivity contribution in [1.82, 2.24) is 0 Å². The minimum atomic E-state index is -4.95. The van der Waals surface area contributed by atoms with Gasteiger partial charge in [0.15, 0.2) is 11.5 Å². The summed E-state index contributed by atoms with van der Waals surface area (Å²) in [4.78, 5) is 10.8. The van der Waals surface area contributed by atoms with Crippen molar-refractivity contribution in [1.29, 1.82) is 0 Å². The maximum Gasteiger partial charge on any atom is 0.454 e. The molecule has 0 fully saturated rings. The zero-order valence-corrected chi connectivity index (χ0v) is 10.8. The molecular weight excluding hydrogens is 285 g/mol. The van der Waals surface area contributed by atoms with Gasteiger partial charge in [-0.05, 0) is 23.8 Å². The highest BCUT2D eigenvalue weighted by atomic mass is 35.5. The van der Waals surface area contributed by atoms with Gasteiger partial charge in [0.1, 0.15) is 0 Å². The Labute approximate surface area is 112 Å². The summed E-state index contributed by atoms with van der Waals surface area (Å²) in [5.41, 5.74) is 0.219. The molecule has 0 aromatic heterocycles. The first-order valence-electron chi connectivity index (χ1n) is 5.00. The van der Waals surface area contributed by atoms with E-state index in [9.17, 15) is 18.0 Å². The van der Waals surface area contributed by atoms with E-state index in [4.69, 9.17) is 21.1 Å². The maximum absolute atomic E-state index is 12.1. The van der Waals surface area contributed by atoms with Crippen LogP contribution in [0.3, 0.4) is 0 Å². The molecule has 0 saturated carbocycles. The lowest BCUT2D eigenvalue weighted by Crippen LogP contribution is -2.20. The lowest BCUT2D eigenvalue weighted by atomic mass is 10.1. The predicted molar refractivity (Wildman–Crippen MR) is 64.4 cm³/mol. The average Bonchev–Trinajstić information content (AvgIpc) is 2.36. The lowest BCUT2D eigenvalue weighted by molar-refractivity contribution is -0.165. The predicted octanol–water partition coefficient (Wildman–Crippen LogP) is 3.41. The third kappa shape index (κ3) is 3.89. The monoisotopic (exact) mass is 294 g/mol. The molecule has 7 heteroatoms. The summed E-state index contributed by atoms with van der Waals surface area (Å²) in [7, 11) is 2.79. The molecule has 0 aliphatic carbocycles. The minimum Gasteiger partial charge on any atom is -0.493 e. The summed E-state index contributed by atoms with van der Waals surface area (Å²) >= 11 is 5.68. The number of carbonyl (C=O) groups is 1. The minimum absolute atomic E-state index is 0.219. The fourth-order valence-corrected chi connectivity index (χ4v) is 1.48. The normalized spacial score (nSPS) is 12.2. The van der Waals surface area contributed by atoms with E-state index in [1.54, 1.807) is 0 Å². The third-order valence-corrected chi connectivity index (χ3v) is 2.52. The standard InChI is InChI=1S/C12H10ClF3O3/c1-18-9-4-3-7(5-10(9)19-2)8(13)6-11(17)12(14,15)16/h3-6H,1-2H3/b8-6+. The van der Waals surface area contributed by atoms with Crippen molar-refractivity contribution >= 4 is 22.4 Å². The van der Waals surface area contributed by atoms with Gasteiger partial charge in [-0.3, -0.25) is 4.79 Å². The van der Waals surface area contributed by atoms with Gasteiger partial charge in [0.25, 0.3) is 5.78 Å². The molecule has 0 bridgehead atoms. The van der Waals surface area contributed by atoms with Crippen molar-refractivity contribution in [2.75, 3.05) is 14.2 Å². The highest BCUT2D eigenvalue weighted by molar-refractivity contribution is 6.50. The number of alkyl halides is 3. The number of methoxy groups -OCH3 is 2. The lowest BCUT2D eigenvalue weighted by Gasteiger charge is -2.09. The van der Waals surface area contributed by atoms with E-state index in [2.05, 4.69) is 0 Å². The van der Waals surface area contributed by atoms with Gasteiger partial charge in [-0.1, -0.05) is 11.6 Å². The molecule has 0 atom stereocenters. The van der Waals surface area contributed by atoms with Gasteiger partial charge in [-0.25, -0.2) is 0 Å². The number of benzene rings is 1. The molecule has 0 unspecified atom stereocenters. The number of hydrogen-bond donors (Lipinski definition) is 0. The number of allylic oxidation sites excluding steroid dienone is 1. The van der Waals surface area contributed by atoms with Crippen molar-refractivity contribution in [2.24, 2.45) is 0 Å². The number of rotatable bonds is 4. The summed E-state index contributed by atoms with van der Waals surface area (Å²) in [6, 6.07) is 4.27. The Morgan fingerprint density at radius 1 is 1.21 bits per heavy atom. The largest absolute Gasteiger partial charge is 0.493 e. The summed E-state index contributed by atoms with van der Waals surface area (Å²) < 4.78 is 46.2. The number of ether oxygens (including phenoxy) is 2. The summed E-state index contributed by atoms with van der Waals surface area (Å²) in [5, 5.41) is -0.330. The van der Waals surface area contributed by atoms with Gasteiger partial charge >= 0.3 is 6.18 Å². The van der Waals surface area contributed by atoms with Crippen molar-refractivity contribution in [3.05, 3.63) is 29.8 Å². The molecule has 0 spiro atoms. The Morgan fingerprint density at radius 3 is 2.26 bits per heavy atom. The van der Waals surface area contributed by atoms with Crippen LogP contribution in [0.5, 0.6) is 11.5 Å². The first kappa shape index (κ1) is 15.4. The number of carbonyl (C=O) groups excluding carboxylic acids is 1. The van der Waals surface area contributed by atoms with E-state index >= 15 is 0 Å². The number of halogens is 4. The highest BCUT2D eigenvalue weighted by Gasteiger charge is 2.36. The van der Waals surface area contributed by atoms with Crippen LogP contribution in [0.2, 0.25) is 0 Å². The van der Waals surface area contributed by atoms with Crippen LogP contribution in [0.4, 0.5) is 13.2 Å². The zero-order valence-electron chi connectivity index (χ0n) is 10.0. The van der Waals surface area contributed by atoms with Crippen molar-refractivity contribution in [3.63, 3.8) is 0 Å². The Bertz CT molecular complexity index is 509. The van der Waals surface area contributed by atoms with E-state index in [1.165, 1.54) is 32.4 Å². The van der Waals surface area contributed by atoms with E-state index < -0.39 is 12.0 Å². The van der Waals surface area contributed by atoms with Crippen LogP contribution in [-0.2, 0) is 4.79 Å². The molecule has 0 N–H and O–H groups in total.